The van der Waals surface area contributed by atoms with E-state index < -0.39 is 11.9 Å². The van der Waals surface area contributed by atoms with E-state index >= 15 is 0 Å². The molecule has 2 aromatic carbocycles. The van der Waals surface area contributed by atoms with Crippen molar-refractivity contribution in [2.45, 2.75) is 31.8 Å². The minimum Gasteiger partial charge on any atom is -0.322 e. The van der Waals surface area contributed by atoms with Gasteiger partial charge in [0.1, 0.15) is 6.04 Å². The number of nitrogens with one attached hydrogen (secondary N) is 1. The molecular weight excluding hydrogens is 370 g/mol. The van der Waals surface area contributed by atoms with Gasteiger partial charge in [-0.25, -0.2) is 0 Å². The number of rotatable bonds is 2. The highest BCUT2D eigenvalue weighted by Crippen LogP contribution is 2.31. The first kappa shape index (κ1) is 17.6. The standard InChI is InChI=1S/C22H19N3O4/c26-19-8-7-18(20(27)23-19)25-12-15-11-14(5-6-16(15)22(25)29)21(28)24-10-9-13-3-1-2-4-17(13)24/h1-6,11,18H,7-10,12H2,(H,23,26,27). The number of fused-ring (bicyclic) bond motifs is 2. The lowest BCUT2D eigenvalue weighted by atomic mass is 10.0. The number of nitrogens with zero attached hydrogens (tertiary/aromatic N) is 2. The first-order chi connectivity index (χ1) is 14.0. The zero-order valence-corrected chi connectivity index (χ0v) is 15.7. The minimum absolute atomic E-state index is 0.0929. The van der Waals surface area contributed by atoms with Crippen molar-refractivity contribution < 1.29 is 19.2 Å². The molecular formula is C22H19N3O4. The minimum atomic E-state index is -0.655. The van der Waals surface area contributed by atoms with Crippen molar-refractivity contribution in [3.05, 3.63) is 64.7 Å². The van der Waals surface area contributed by atoms with Gasteiger partial charge in [-0.15, -0.1) is 0 Å². The molecule has 29 heavy (non-hydrogen) atoms. The number of benzene rings is 2. The summed E-state index contributed by atoms with van der Waals surface area (Å²) in [6.07, 6.45) is 1.37. The molecule has 3 heterocycles. The third-order valence-electron chi connectivity index (χ3n) is 5.90. The predicted molar refractivity (Wildman–Crippen MR) is 104 cm³/mol. The summed E-state index contributed by atoms with van der Waals surface area (Å²) in [7, 11) is 0. The van der Waals surface area contributed by atoms with Crippen molar-refractivity contribution in [2.75, 3.05) is 11.4 Å². The average molecular weight is 389 g/mol. The molecule has 1 atom stereocenters. The summed E-state index contributed by atoms with van der Waals surface area (Å²) in [5.41, 5.74) is 3.85. The predicted octanol–water partition coefficient (Wildman–Crippen LogP) is 1.65. The van der Waals surface area contributed by atoms with Crippen molar-refractivity contribution in [3.8, 4) is 0 Å². The van der Waals surface area contributed by atoms with E-state index in [4.69, 9.17) is 0 Å². The summed E-state index contributed by atoms with van der Waals surface area (Å²) in [5.74, 6) is -1.08. The number of hydrogen-bond acceptors (Lipinski definition) is 4. The maximum atomic E-state index is 13.1. The van der Waals surface area contributed by atoms with Gasteiger partial charge in [-0.1, -0.05) is 18.2 Å². The lowest BCUT2D eigenvalue weighted by molar-refractivity contribution is -0.136. The molecule has 0 radical (unpaired) electrons. The van der Waals surface area contributed by atoms with Crippen molar-refractivity contribution >= 4 is 29.3 Å². The van der Waals surface area contributed by atoms with Crippen molar-refractivity contribution in [3.63, 3.8) is 0 Å². The Hall–Kier alpha value is -3.48. The molecule has 146 valence electrons. The summed E-state index contributed by atoms with van der Waals surface area (Å²) in [5, 5.41) is 2.30. The zero-order valence-electron chi connectivity index (χ0n) is 15.7. The molecule has 0 aliphatic carbocycles. The quantitative estimate of drug-likeness (QED) is 0.792. The van der Waals surface area contributed by atoms with E-state index in [0.717, 1.165) is 23.2 Å². The molecule has 1 fully saturated rings. The zero-order chi connectivity index (χ0) is 20.1. The summed E-state index contributed by atoms with van der Waals surface area (Å²) in [4.78, 5) is 52.7. The molecule has 0 aromatic heterocycles. The van der Waals surface area contributed by atoms with Gasteiger partial charge in [0.25, 0.3) is 11.8 Å². The van der Waals surface area contributed by atoms with Gasteiger partial charge in [0.15, 0.2) is 0 Å². The van der Waals surface area contributed by atoms with E-state index in [2.05, 4.69) is 5.32 Å². The molecule has 0 saturated carbocycles. The molecule has 4 amide bonds. The van der Waals surface area contributed by atoms with Crippen LogP contribution in [-0.2, 0) is 22.6 Å². The largest absolute Gasteiger partial charge is 0.322 e. The molecule has 1 unspecified atom stereocenters. The average Bonchev–Trinajstić information content (AvgIpc) is 3.29. The van der Waals surface area contributed by atoms with E-state index in [9.17, 15) is 19.2 Å². The Labute approximate surface area is 167 Å². The number of para-hydroxylation sites is 1. The molecule has 7 nitrogen and oxygen atoms in total. The molecule has 2 aromatic rings. The lowest BCUT2D eigenvalue weighted by Gasteiger charge is -2.29. The molecule has 0 bridgehead atoms. The second-order valence-corrected chi connectivity index (χ2v) is 7.61. The Bertz CT molecular complexity index is 1080. The van der Waals surface area contributed by atoms with E-state index in [-0.39, 0.29) is 30.7 Å². The second-order valence-electron chi connectivity index (χ2n) is 7.61. The van der Waals surface area contributed by atoms with Crippen LogP contribution in [0, 0.1) is 0 Å². The molecule has 1 N–H and O–H groups in total. The van der Waals surface area contributed by atoms with E-state index in [0.29, 0.717) is 24.1 Å². The molecule has 3 aliphatic heterocycles. The topological polar surface area (TPSA) is 86.8 Å². The van der Waals surface area contributed by atoms with Crippen LogP contribution in [0.5, 0.6) is 0 Å². The number of carbonyl (C=O) groups is 4. The summed E-state index contributed by atoms with van der Waals surface area (Å²) in [6.45, 7) is 0.898. The first-order valence-electron chi connectivity index (χ1n) is 9.70. The molecule has 5 rings (SSSR count). The van der Waals surface area contributed by atoms with E-state index in [1.807, 2.05) is 24.3 Å². The van der Waals surface area contributed by atoms with Crippen LogP contribution in [0.3, 0.4) is 0 Å². The van der Waals surface area contributed by atoms with Crippen LogP contribution in [0.1, 0.15) is 44.7 Å². The van der Waals surface area contributed by atoms with Gasteiger partial charge in [0.2, 0.25) is 11.8 Å². The fourth-order valence-corrected chi connectivity index (χ4v) is 4.41. The van der Waals surface area contributed by atoms with Gasteiger partial charge >= 0.3 is 0 Å². The van der Waals surface area contributed by atoms with Crippen LogP contribution in [0.15, 0.2) is 42.5 Å². The number of imide groups is 1. The second kappa shape index (κ2) is 6.55. The van der Waals surface area contributed by atoms with Crippen LogP contribution < -0.4 is 10.2 Å². The Kier molecular flexibility index (Phi) is 3.97. The van der Waals surface area contributed by atoms with Crippen molar-refractivity contribution in [1.29, 1.82) is 0 Å². The normalized spacial score (nSPS) is 20.6. The number of hydrogen-bond donors (Lipinski definition) is 1. The molecule has 7 heteroatoms. The van der Waals surface area contributed by atoms with Gasteiger partial charge in [-0.05, 0) is 48.2 Å². The third-order valence-corrected chi connectivity index (χ3v) is 5.90. The molecule has 0 spiro atoms. The molecule has 3 aliphatic rings. The highest BCUT2D eigenvalue weighted by molar-refractivity contribution is 6.09. The van der Waals surface area contributed by atoms with Gasteiger partial charge in [0, 0.05) is 36.3 Å². The van der Waals surface area contributed by atoms with Gasteiger partial charge in [-0.3, -0.25) is 24.5 Å². The van der Waals surface area contributed by atoms with Gasteiger partial charge in [0.05, 0.1) is 0 Å². The third kappa shape index (κ3) is 2.81. The highest BCUT2D eigenvalue weighted by Gasteiger charge is 2.39. The van der Waals surface area contributed by atoms with Crippen LogP contribution in [0.2, 0.25) is 0 Å². The summed E-state index contributed by atoms with van der Waals surface area (Å²) in [6, 6.07) is 12.3. The molecule has 1 saturated heterocycles. The van der Waals surface area contributed by atoms with Crippen LogP contribution in [0.25, 0.3) is 0 Å². The maximum Gasteiger partial charge on any atom is 0.258 e. The summed E-state index contributed by atoms with van der Waals surface area (Å²) >= 11 is 0. The van der Waals surface area contributed by atoms with Crippen LogP contribution in [0.4, 0.5) is 5.69 Å². The number of amides is 4. The number of carbonyl (C=O) groups excluding carboxylic acids is 4. The SMILES string of the molecule is O=C1CCC(N2Cc3cc(C(=O)N4CCc5ccccc54)ccc3C2=O)C(=O)N1. The fraction of sp³-hybridized carbons (Fsp3) is 0.273. The smallest absolute Gasteiger partial charge is 0.258 e. The summed E-state index contributed by atoms with van der Waals surface area (Å²) < 4.78 is 0. The number of anilines is 1. The Balaban J connectivity index is 1.40. The first-order valence-corrected chi connectivity index (χ1v) is 9.70. The van der Waals surface area contributed by atoms with Crippen LogP contribution >= 0.6 is 0 Å². The van der Waals surface area contributed by atoms with E-state index in [1.165, 1.54) is 4.90 Å². The van der Waals surface area contributed by atoms with Gasteiger partial charge in [-0.2, -0.15) is 0 Å². The number of piperidine rings is 1. The van der Waals surface area contributed by atoms with Gasteiger partial charge < -0.3 is 9.80 Å². The Morgan fingerprint density at radius 3 is 2.66 bits per heavy atom. The Morgan fingerprint density at radius 2 is 1.83 bits per heavy atom. The monoisotopic (exact) mass is 389 g/mol. The maximum absolute atomic E-state index is 13.1. The van der Waals surface area contributed by atoms with Crippen molar-refractivity contribution in [2.24, 2.45) is 0 Å². The van der Waals surface area contributed by atoms with E-state index in [1.54, 1.807) is 23.1 Å². The highest BCUT2D eigenvalue weighted by atomic mass is 16.2. The fourth-order valence-electron chi connectivity index (χ4n) is 4.41. The van der Waals surface area contributed by atoms with Crippen LogP contribution in [-0.4, -0.2) is 41.1 Å². The van der Waals surface area contributed by atoms with Crippen molar-refractivity contribution in [1.82, 2.24) is 10.2 Å². The Morgan fingerprint density at radius 1 is 1.00 bits per heavy atom. The lowest BCUT2D eigenvalue weighted by Crippen LogP contribution is -2.52.